The van der Waals surface area contributed by atoms with Gasteiger partial charge in [-0.25, -0.2) is 0 Å². The van der Waals surface area contributed by atoms with Crippen LogP contribution in [0.1, 0.15) is 42.1 Å². The highest BCUT2D eigenvalue weighted by Gasteiger charge is 2.55. The van der Waals surface area contributed by atoms with Crippen LogP contribution >= 0.6 is 0 Å². The predicted octanol–water partition coefficient (Wildman–Crippen LogP) is 2.63. The minimum Gasteiger partial charge on any atom is -0.399 e. The zero-order chi connectivity index (χ0) is 18.4. The van der Waals surface area contributed by atoms with Gasteiger partial charge in [0.15, 0.2) is 5.41 Å². The highest BCUT2D eigenvalue weighted by Crippen LogP contribution is 2.56. The molecule has 2 aliphatic carbocycles. The number of nitrogens with two attached hydrogens (primary N) is 1. The van der Waals surface area contributed by atoms with Crippen molar-refractivity contribution in [2.75, 3.05) is 0 Å². The van der Waals surface area contributed by atoms with Crippen LogP contribution in [0.2, 0.25) is 0 Å². The topological polar surface area (TPSA) is 115 Å². The Kier molecular flexibility index (Phi) is 3.90. The lowest BCUT2D eigenvalue weighted by atomic mass is 9.56. The lowest BCUT2D eigenvalue weighted by Gasteiger charge is -2.43. The smallest absolute Gasteiger partial charge is 0.191 e. The fourth-order valence-electron chi connectivity index (χ4n) is 4.42. The Hall–Kier alpha value is -3.04. The van der Waals surface area contributed by atoms with Gasteiger partial charge in [-0.15, -0.1) is 0 Å². The average Bonchev–Trinajstić information content (AvgIpc) is 2.86. The molecule has 0 spiro atoms. The summed E-state index contributed by atoms with van der Waals surface area (Å²) < 4.78 is 1.77. The van der Waals surface area contributed by atoms with Gasteiger partial charge in [-0.1, -0.05) is 6.08 Å². The van der Waals surface area contributed by atoms with Gasteiger partial charge >= 0.3 is 0 Å². The van der Waals surface area contributed by atoms with E-state index < -0.39 is 11.3 Å². The van der Waals surface area contributed by atoms with Crippen LogP contribution in [0.4, 0.5) is 0 Å². The molecule has 0 saturated carbocycles. The number of hydrogen-bond acceptors (Lipinski definition) is 5. The molecule has 0 bridgehead atoms. The third-order valence-corrected chi connectivity index (χ3v) is 5.68. The van der Waals surface area contributed by atoms with Crippen molar-refractivity contribution < 1.29 is 0 Å². The summed E-state index contributed by atoms with van der Waals surface area (Å²) >= 11 is 0. The number of nitrogens with zero attached hydrogens (tertiary/aromatic N) is 5. The van der Waals surface area contributed by atoms with Crippen LogP contribution in [-0.2, 0) is 7.05 Å². The molecule has 2 aliphatic rings. The van der Waals surface area contributed by atoms with Crippen molar-refractivity contribution in [1.29, 1.82) is 15.8 Å². The molecule has 6 nitrogen and oxygen atoms in total. The van der Waals surface area contributed by atoms with Crippen molar-refractivity contribution in [1.82, 2.24) is 9.78 Å². The second-order valence-electron chi connectivity index (χ2n) is 6.81. The number of hydrogen-bond donors (Lipinski definition) is 1. The number of rotatable bonds is 1. The van der Waals surface area contributed by atoms with E-state index in [0.717, 1.165) is 41.8 Å². The van der Waals surface area contributed by atoms with Crippen LogP contribution < -0.4 is 5.73 Å². The maximum absolute atomic E-state index is 9.99. The number of aromatic nitrogens is 2. The largest absolute Gasteiger partial charge is 0.399 e. The van der Waals surface area contributed by atoms with Crippen molar-refractivity contribution in [3.8, 4) is 18.2 Å². The monoisotopic (exact) mass is 332 g/mol. The van der Waals surface area contributed by atoms with Gasteiger partial charge in [0, 0.05) is 24.2 Å². The van der Waals surface area contributed by atoms with E-state index in [9.17, 15) is 15.8 Å². The van der Waals surface area contributed by atoms with E-state index in [-0.39, 0.29) is 11.6 Å². The normalized spacial score (nSPS) is 24.6. The molecular weight excluding hydrogens is 312 g/mol. The zero-order valence-corrected chi connectivity index (χ0v) is 14.7. The third kappa shape index (κ3) is 2.10. The van der Waals surface area contributed by atoms with Crippen molar-refractivity contribution in [3.63, 3.8) is 0 Å². The molecule has 0 aliphatic heterocycles. The molecule has 2 atom stereocenters. The standard InChI is InChI=1S/C19H20N6/c1-11-16(12(2)25(3)24-11)17-14-7-5-4-6-13(14)15(8-20)18(23)19(17,9-21)10-22/h6,14,17H,4-5,7,23H2,1-3H3. The van der Waals surface area contributed by atoms with Crippen LogP contribution in [0.5, 0.6) is 0 Å². The van der Waals surface area contributed by atoms with Crippen molar-refractivity contribution in [2.45, 2.75) is 39.0 Å². The summed E-state index contributed by atoms with van der Waals surface area (Å²) in [7, 11) is 1.85. The van der Waals surface area contributed by atoms with E-state index in [1.54, 1.807) is 4.68 Å². The van der Waals surface area contributed by atoms with Gasteiger partial charge in [-0.3, -0.25) is 4.68 Å². The third-order valence-electron chi connectivity index (χ3n) is 5.68. The molecule has 0 amide bonds. The first-order valence-electron chi connectivity index (χ1n) is 8.36. The summed E-state index contributed by atoms with van der Waals surface area (Å²) in [5.41, 5.74) is 8.64. The Morgan fingerprint density at radius 2 is 1.96 bits per heavy atom. The first kappa shape index (κ1) is 16.8. The number of aryl methyl sites for hydroxylation is 2. The summed E-state index contributed by atoms with van der Waals surface area (Å²) in [6, 6.07) is 6.48. The van der Waals surface area contributed by atoms with Gasteiger partial charge in [0.2, 0.25) is 0 Å². The summed E-state index contributed by atoms with van der Waals surface area (Å²) in [6.45, 7) is 3.84. The fraction of sp³-hybridized carbons (Fsp3) is 0.474. The summed E-state index contributed by atoms with van der Waals surface area (Å²) in [5, 5.41) is 34.1. The highest BCUT2D eigenvalue weighted by atomic mass is 15.3. The van der Waals surface area contributed by atoms with Crippen molar-refractivity contribution >= 4 is 0 Å². The first-order valence-corrected chi connectivity index (χ1v) is 8.36. The average molecular weight is 332 g/mol. The highest BCUT2D eigenvalue weighted by molar-refractivity contribution is 5.59. The van der Waals surface area contributed by atoms with Gasteiger partial charge in [0.25, 0.3) is 0 Å². The molecule has 0 saturated heterocycles. The molecular formula is C19H20N6. The van der Waals surface area contributed by atoms with Gasteiger partial charge in [-0.2, -0.15) is 20.9 Å². The Morgan fingerprint density at radius 3 is 2.48 bits per heavy atom. The van der Waals surface area contributed by atoms with Gasteiger partial charge in [0.1, 0.15) is 6.07 Å². The lowest BCUT2D eigenvalue weighted by Crippen LogP contribution is -2.43. The van der Waals surface area contributed by atoms with E-state index >= 15 is 0 Å². The van der Waals surface area contributed by atoms with E-state index in [4.69, 9.17) is 5.73 Å². The van der Waals surface area contributed by atoms with Crippen LogP contribution in [0.3, 0.4) is 0 Å². The van der Waals surface area contributed by atoms with Gasteiger partial charge in [-0.05, 0) is 44.6 Å². The van der Waals surface area contributed by atoms with Gasteiger partial charge in [0.05, 0.1) is 29.1 Å². The molecule has 126 valence electrons. The molecule has 25 heavy (non-hydrogen) atoms. The van der Waals surface area contributed by atoms with E-state index in [1.165, 1.54) is 0 Å². The number of nitriles is 3. The second kappa shape index (κ2) is 5.80. The number of fused-ring (bicyclic) bond motifs is 1. The van der Waals surface area contributed by atoms with E-state index in [2.05, 4.69) is 23.3 Å². The molecule has 0 aromatic carbocycles. The number of allylic oxidation sites excluding steroid dienone is 4. The molecule has 6 heteroatoms. The Labute approximate surface area is 147 Å². The molecule has 2 unspecified atom stereocenters. The molecule has 3 rings (SSSR count). The van der Waals surface area contributed by atoms with Crippen LogP contribution in [-0.4, -0.2) is 9.78 Å². The molecule has 0 fully saturated rings. The molecule has 1 heterocycles. The summed E-state index contributed by atoms with van der Waals surface area (Å²) in [4.78, 5) is 0. The Morgan fingerprint density at radius 1 is 1.28 bits per heavy atom. The molecule has 0 radical (unpaired) electrons. The Balaban J connectivity index is 2.40. The summed E-state index contributed by atoms with van der Waals surface area (Å²) in [6.07, 6.45) is 4.73. The van der Waals surface area contributed by atoms with Crippen molar-refractivity contribution in [3.05, 3.63) is 39.9 Å². The minimum absolute atomic E-state index is 0.0726. The minimum atomic E-state index is -1.55. The lowest BCUT2D eigenvalue weighted by molar-refractivity contribution is 0.315. The second-order valence-corrected chi connectivity index (χ2v) is 6.81. The van der Waals surface area contributed by atoms with Crippen LogP contribution in [0.15, 0.2) is 22.9 Å². The van der Waals surface area contributed by atoms with Crippen molar-refractivity contribution in [2.24, 2.45) is 24.1 Å². The summed E-state index contributed by atoms with van der Waals surface area (Å²) in [5.74, 6) is -0.489. The van der Waals surface area contributed by atoms with Gasteiger partial charge < -0.3 is 5.73 Å². The predicted molar refractivity (Wildman–Crippen MR) is 91.3 cm³/mol. The molecule has 2 N–H and O–H groups in total. The SMILES string of the molecule is Cc1nn(C)c(C)c1C1C2CCCC=C2C(C#N)=C(N)C1(C#N)C#N. The maximum atomic E-state index is 9.99. The molecule has 1 aromatic heterocycles. The van der Waals surface area contributed by atoms with Crippen LogP contribution in [0.25, 0.3) is 0 Å². The van der Waals surface area contributed by atoms with Crippen LogP contribution in [0, 0.1) is 59.2 Å². The maximum Gasteiger partial charge on any atom is 0.191 e. The quantitative estimate of drug-likeness (QED) is 0.848. The van der Waals surface area contributed by atoms with E-state index in [0.29, 0.717) is 5.57 Å². The first-order chi connectivity index (χ1) is 11.9. The van der Waals surface area contributed by atoms with E-state index in [1.807, 2.05) is 27.0 Å². The molecule has 1 aromatic rings. The fourth-order valence-corrected chi connectivity index (χ4v) is 4.42. The Bertz CT molecular complexity index is 911. The zero-order valence-electron chi connectivity index (χ0n) is 14.7.